The molecule has 116 valence electrons. The third-order valence-corrected chi connectivity index (χ3v) is 3.27. The van der Waals surface area contributed by atoms with Crippen LogP contribution >= 0.6 is 0 Å². The van der Waals surface area contributed by atoms with E-state index in [1.165, 1.54) is 0 Å². The van der Waals surface area contributed by atoms with Gasteiger partial charge in [0.15, 0.2) is 11.5 Å². The molecule has 0 heterocycles. The van der Waals surface area contributed by atoms with Crippen molar-refractivity contribution in [2.24, 2.45) is 11.5 Å². The maximum absolute atomic E-state index is 11.0. The molecule has 5 nitrogen and oxygen atoms in total. The van der Waals surface area contributed by atoms with Crippen molar-refractivity contribution in [3.63, 3.8) is 0 Å². The van der Waals surface area contributed by atoms with E-state index in [0.717, 1.165) is 11.1 Å². The molecule has 0 spiro atoms. The normalized spacial score (nSPS) is 11.7. The summed E-state index contributed by atoms with van der Waals surface area (Å²) in [6.45, 7) is 0.448. The van der Waals surface area contributed by atoms with Gasteiger partial charge >= 0.3 is 0 Å². The molecule has 0 aliphatic carbocycles. The predicted molar refractivity (Wildman–Crippen MR) is 84.5 cm³/mol. The molecule has 22 heavy (non-hydrogen) atoms. The Kier molecular flexibility index (Phi) is 5.38. The van der Waals surface area contributed by atoms with E-state index in [2.05, 4.69) is 0 Å². The first kappa shape index (κ1) is 15.9. The molecule has 1 amide bonds. The molecular formula is C17H20N2O3. The third-order valence-electron chi connectivity index (χ3n) is 3.27. The number of hydrogen-bond acceptors (Lipinski definition) is 4. The molecule has 0 radical (unpaired) electrons. The molecule has 0 aromatic heterocycles. The van der Waals surface area contributed by atoms with Crippen molar-refractivity contribution < 1.29 is 14.3 Å². The monoisotopic (exact) mass is 300 g/mol. The van der Waals surface area contributed by atoms with Crippen molar-refractivity contribution in [1.29, 1.82) is 0 Å². The number of carbonyl (C=O) groups excluding carboxylic acids is 1. The van der Waals surface area contributed by atoms with Gasteiger partial charge in [0.25, 0.3) is 0 Å². The van der Waals surface area contributed by atoms with Crippen molar-refractivity contribution in [2.45, 2.75) is 19.1 Å². The number of benzene rings is 2. The number of primary amides is 1. The fraction of sp³-hybridized carbons (Fsp3) is 0.235. The van der Waals surface area contributed by atoms with Gasteiger partial charge in [0.05, 0.1) is 7.11 Å². The minimum Gasteiger partial charge on any atom is -0.493 e. The van der Waals surface area contributed by atoms with Crippen LogP contribution < -0.4 is 20.9 Å². The molecule has 1 atom stereocenters. The summed E-state index contributed by atoms with van der Waals surface area (Å²) in [7, 11) is 1.56. The average Bonchev–Trinajstić information content (AvgIpc) is 2.53. The summed E-state index contributed by atoms with van der Waals surface area (Å²) >= 11 is 0. The zero-order chi connectivity index (χ0) is 15.9. The Morgan fingerprint density at radius 3 is 2.50 bits per heavy atom. The van der Waals surface area contributed by atoms with E-state index in [1.54, 1.807) is 19.2 Å². The van der Waals surface area contributed by atoms with Crippen LogP contribution in [0.15, 0.2) is 48.5 Å². The summed E-state index contributed by atoms with van der Waals surface area (Å²) in [4.78, 5) is 11.0. The smallest absolute Gasteiger partial charge is 0.219 e. The first-order valence-corrected chi connectivity index (χ1v) is 6.98. The van der Waals surface area contributed by atoms with Crippen LogP contribution in [0.1, 0.15) is 23.6 Å². The van der Waals surface area contributed by atoms with Gasteiger partial charge in [0, 0.05) is 12.5 Å². The maximum Gasteiger partial charge on any atom is 0.219 e. The zero-order valence-corrected chi connectivity index (χ0v) is 12.5. The fourth-order valence-electron chi connectivity index (χ4n) is 2.10. The van der Waals surface area contributed by atoms with E-state index in [0.29, 0.717) is 18.1 Å². The number of methoxy groups -OCH3 is 1. The lowest BCUT2D eigenvalue weighted by molar-refractivity contribution is -0.118. The molecule has 2 rings (SSSR count). The number of carbonyl (C=O) groups is 1. The van der Waals surface area contributed by atoms with Crippen LogP contribution in [0.2, 0.25) is 0 Å². The Labute approximate surface area is 129 Å². The van der Waals surface area contributed by atoms with Crippen LogP contribution in [-0.2, 0) is 11.4 Å². The Bertz CT molecular complexity index is 629. The third kappa shape index (κ3) is 4.23. The van der Waals surface area contributed by atoms with E-state index in [9.17, 15) is 4.79 Å². The maximum atomic E-state index is 11.0. The van der Waals surface area contributed by atoms with Gasteiger partial charge in [0.1, 0.15) is 6.61 Å². The Balaban J connectivity index is 2.10. The van der Waals surface area contributed by atoms with Crippen LogP contribution in [0.3, 0.4) is 0 Å². The van der Waals surface area contributed by atoms with E-state index in [1.807, 2.05) is 36.4 Å². The Morgan fingerprint density at radius 2 is 1.86 bits per heavy atom. The van der Waals surface area contributed by atoms with Crippen molar-refractivity contribution in [1.82, 2.24) is 0 Å². The van der Waals surface area contributed by atoms with E-state index in [-0.39, 0.29) is 6.42 Å². The van der Waals surface area contributed by atoms with E-state index >= 15 is 0 Å². The molecule has 4 N–H and O–H groups in total. The topological polar surface area (TPSA) is 87.6 Å². The van der Waals surface area contributed by atoms with Crippen molar-refractivity contribution in [2.75, 3.05) is 7.11 Å². The summed E-state index contributed by atoms with van der Waals surface area (Å²) in [6, 6.07) is 14.8. The van der Waals surface area contributed by atoms with Gasteiger partial charge in [0.2, 0.25) is 5.91 Å². The summed E-state index contributed by atoms with van der Waals surface area (Å²) < 4.78 is 11.1. The highest BCUT2D eigenvalue weighted by molar-refractivity contribution is 5.74. The number of hydrogen-bond donors (Lipinski definition) is 2. The highest BCUT2D eigenvalue weighted by atomic mass is 16.5. The van der Waals surface area contributed by atoms with Crippen LogP contribution in [0.25, 0.3) is 0 Å². The SMILES string of the molecule is COc1cc(C(N)CC(N)=O)ccc1OCc1ccccc1. The van der Waals surface area contributed by atoms with Crippen LogP contribution in [0.4, 0.5) is 0 Å². The van der Waals surface area contributed by atoms with Gasteiger partial charge in [-0.05, 0) is 23.3 Å². The largest absolute Gasteiger partial charge is 0.493 e. The number of nitrogens with two attached hydrogens (primary N) is 2. The second-order valence-electron chi connectivity index (χ2n) is 4.96. The van der Waals surface area contributed by atoms with Gasteiger partial charge in [-0.1, -0.05) is 36.4 Å². The standard InChI is InChI=1S/C17H20N2O3/c1-21-16-9-13(14(18)10-17(19)20)7-8-15(16)22-11-12-5-3-2-4-6-12/h2-9,14H,10-11,18H2,1H3,(H2,19,20). The molecule has 5 heteroatoms. The van der Waals surface area contributed by atoms with Gasteiger partial charge in [-0.25, -0.2) is 0 Å². The Morgan fingerprint density at radius 1 is 1.14 bits per heavy atom. The van der Waals surface area contributed by atoms with Crippen molar-refractivity contribution in [3.05, 3.63) is 59.7 Å². The molecular weight excluding hydrogens is 280 g/mol. The average molecular weight is 300 g/mol. The highest BCUT2D eigenvalue weighted by Crippen LogP contribution is 2.31. The van der Waals surface area contributed by atoms with E-state index in [4.69, 9.17) is 20.9 Å². The number of amides is 1. The molecule has 1 unspecified atom stereocenters. The van der Waals surface area contributed by atoms with Gasteiger partial charge in [-0.15, -0.1) is 0 Å². The summed E-state index contributed by atoms with van der Waals surface area (Å²) in [6.07, 6.45) is 0.0906. The van der Waals surface area contributed by atoms with Gasteiger partial charge in [-0.3, -0.25) is 4.79 Å². The zero-order valence-electron chi connectivity index (χ0n) is 12.5. The highest BCUT2D eigenvalue weighted by Gasteiger charge is 2.13. The van der Waals surface area contributed by atoms with Crippen molar-refractivity contribution >= 4 is 5.91 Å². The number of ether oxygens (including phenoxy) is 2. The minimum atomic E-state index is -0.449. The summed E-state index contributed by atoms with van der Waals surface area (Å²) in [5.74, 6) is 0.769. The van der Waals surface area contributed by atoms with Crippen LogP contribution in [-0.4, -0.2) is 13.0 Å². The molecule has 0 saturated heterocycles. The summed E-state index contributed by atoms with van der Waals surface area (Å²) in [5.41, 5.74) is 13.0. The number of rotatable bonds is 7. The first-order chi connectivity index (χ1) is 10.6. The quantitative estimate of drug-likeness (QED) is 0.820. The summed E-state index contributed by atoms with van der Waals surface area (Å²) in [5, 5.41) is 0. The van der Waals surface area contributed by atoms with Crippen LogP contribution in [0, 0.1) is 0 Å². The lowest BCUT2D eigenvalue weighted by Crippen LogP contribution is -2.20. The lowest BCUT2D eigenvalue weighted by Gasteiger charge is -2.15. The molecule has 2 aromatic carbocycles. The molecule has 2 aromatic rings. The fourth-order valence-corrected chi connectivity index (χ4v) is 2.10. The molecule has 0 bridgehead atoms. The second kappa shape index (κ2) is 7.47. The Hall–Kier alpha value is -2.53. The van der Waals surface area contributed by atoms with Crippen molar-refractivity contribution in [3.8, 4) is 11.5 Å². The second-order valence-corrected chi connectivity index (χ2v) is 4.96. The minimum absolute atomic E-state index is 0.0906. The van der Waals surface area contributed by atoms with Gasteiger partial charge in [-0.2, -0.15) is 0 Å². The molecule has 0 aliphatic heterocycles. The van der Waals surface area contributed by atoms with Crippen LogP contribution in [0.5, 0.6) is 11.5 Å². The predicted octanol–water partition coefficient (Wildman–Crippen LogP) is 2.15. The lowest BCUT2D eigenvalue weighted by atomic mass is 10.0. The van der Waals surface area contributed by atoms with Gasteiger partial charge < -0.3 is 20.9 Å². The molecule has 0 saturated carbocycles. The molecule has 0 aliphatic rings. The first-order valence-electron chi connectivity index (χ1n) is 6.98. The van der Waals surface area contributed by atoms with E-state index < -0.39 is 11.9 Å². The molecule has 0 fully saturated rings.